The Kier molecular flexibility index (Phi) is 6.09. The molecule has 1 aromatic carbocycles. The lowest BCUT2D eigenvalue weighted by atomic mass is 9.94. The average Bonchev–Trinajstić information content (AvgIpc) is 2.56. The standard InChI is InChI=1S/C19H22FNO4/c1-5-24-19(23)25-18-16(13-6-8-14(20)9-7-13)15(10-22)12(4)21-17(18)11(2)3/h6-9,11,22H,5,10H2,1-4H3. The quantitative estimate of drug-likeness (QED) is 0.815. The lowest BCUT2D eigenvalue weighted by Crippen LogP contribution is -2.15. The number of aliphatic hydroxyl groups is 1. The van der Waals surface area contributed by atoms with Crippen molar-refractivity contribution in [1.82, 2.24) is 4.98 Å². The third-order valence-corrected chi connectivity index (χ3v) is 3.77. The molecule has 0 saturated heterocycles. The van der Waals surface area contributed by atoms with Gasteiger partial charge in [0, 0.05) is 16.8 Å². The van der Waals surface area contributed by atoms with E-state index in [1.54, 1.807) is 26.0 Å². The summed E-state index contributed by atoms with van der Waals surface area (Å²) in [4.78, 5) is 16.4. The molecule has 2 aromatic rings. The summed E-state index contributed by atoms with van der Waals surface area (Å²) in [6.45, 7) is 7.19. The Hall–Kier alpha value is -2.47. The lowest BCUT2D eigenvalue weighted by Gasteiger charge is -2.20. The number of nitrogens with zero attached hydrogens (tertiary/aromatic N) is 1. The van der Waals surface area contributed by atoms with E-state index in [-0.39, 0.29) is 30.7 Å². The Bertz CT molecular complexity index is 757. The van der Waals surface area contributed by atoms with Crippen LogP contribution in [0.25, 0.3) is 11.1 Å². The molecule has 6 heteroatoms. The maximum atomic E-state index is 13.3. The number of hydrogen-bond donors (Lipinski definition) is 1. The fourth-order valence-corrected chi connectivity index (χ4v) is 2.59. The summed E-state index contributed by atoms with van der Waals surface area (Å²) in [5, 5.41) is 9.82. The number of carbonyl (C=O) groups excluding carboxylic acids is 1. The molecule has 0 aliphatic heterocycles. The second kappa shape index (κ2) is 8.07. The van der Waals surface area contributed by atoms with Crippen molar-refractivity contribution in [3.8, 4) is 16.9 Å². The van der Waals surface area contributed by atoms with Gasteiger partial charge in [-0.2, -0.15) is 0 Å². The van der Waals surface area contributed by atoms with Crippen molar-refractivity contribution < 1.29 is 23.8 Å². The zero-order valence-electron chi connectivity index (χ0n) is 14.8. The lowest BCUT2D eigenvalue weighted by molar-refractivity contribution is 0.104. The number of benzene rings is 1. The topological polar surface area (TPSA) is 68.7 Å². The van der Waals surface area contributed by atoms with Crippen LogP contribution in [-0.2, 0) is 11.3 Å². The van der Waals surface area contributed by atoms with Crippen LogP contribution >= 0.6 is 0 Å². The number of halogens is 1. The van der Waals surface area contributed by atoms with Crippen LogP contribution < -0.4 is 4.74 Å². The van der Waals surface area contributed by atoms with Crippen LogP contribution in [0.2, 0.25) is 0 Å². The molecule has 0 aliphatic carbocycles. The molecule has 25 heavy (non-hydrogen) atoms. The van der Waals surface area contributed by atoms with E-state index in [0.29, 0.717) is 28.1 Å². The fraction of sp³-hybridized carbons (Fsp3) is 0.368. The molecule has 0 atom stereocenters. The number of pyridine rings is 1. The maximum Gasteiger partial charge on any atom is 0.513 e. The van der Waals surface area contributed by atoms with Crippen LogP contribution in [0.15, 0.2) is 24.3 Å². The van der Waals surface area contributed by atoms with E-state index in [1.807, 2.05) is 13.8 Å². The third-order valence-electron chi connectivity index (χ3n) is 3.77. The van der Waals surface area contributed by atoms with E-state index >= 15 is 0 Å². The highest BCUT2D eigenvalue weighted by Gasteiger charge is 2.24. The van der Waals surface area contributed by atoms with Crippen LogP contribution in [-0.4, -0.2) is 22.9 Å². The molecule has 0 fully saturated rings. The first-order valence-corrected chi connectivity index (χ1v) is 8.13. The van der Waals surface area contributed by atoms with Gasteiger partial charge < -0.3 is 14.6 Å². The molecule has 2 rings (SSSR count). The largest absolute Gasteiger partial charge is 0.513 e. The van der Waals surface area contributed by atoms with Crippen molar-refractivity contribution in [3.63, 3.8) is 0 Å². The summed E-state index contributed by atoms with van der Waals surface area (Å²) in [7, 11) is 0. The zero-order valence-corrected chi connectivity index (χ0v) is 14.8. The summed E-state index contributed by atoms with van der Waals surface area (Å²) < 4.78 is 23.6. The Morgan fingerprint density at radius 2 is 1.92 bits per heavy atom. The fourth-order valence-electron chi connectivity index (χ4n) is 2.59. The zero-order chi connectivity index (χ0) is 18.6. The molecule has 1 aromatic heterocycles. The minimum absolute atomic E-state index is 0.0323. The van der Waals surface area contributed by atoms with Crippen LogP contribution in [0.5, 0.6) is 5.75 Å². The van der Waals surface area contributed by atoms with Gasteiger partial charge in [0.2, 0.25) is 0 Å². The molecule has 0 saturated carbocycles. The van der Waals surface area contributed by atoms with Gasteiger partial charge in [-0.05, 0) is 37.5 Å². The molecular weight excluding hydrogens is 325 g/mol. The summed E-state index contributed by atoms with van der Waals surface area (Å²) in [5.74, 6) is -0.179. The van der Waals surface area contributed by atoms with Gasteiger partial charge >= 0.3 is 6.16 Å². The van der Waals surface area contributed by atoms with Crippen LogP contribution in [0.4, 0.5) is 9.18 Å². The highest BCUT2D eigenvalue weighted by Crippen LogP contribution is 2.40. The predicted molar refractivity (Wildman–Crippen MR) is 92.0 cm³/mol. The molecule has 1 heterocycles. The van der Waals surface area contributed by atoms with E-state index in [1.165, 1.54) is 12.1 Å². The number of hydrogen-bond acceptors (Lipinski definition) is 5. The van der Waals surface area contributed by atoms with Gasteiger partial charge in [0.1, 0.15) is 5.82 Å². The molecule has 1 N–H and O–H groups in total. The minimum Gasteiger partial charge on any atom is -0.434 e. The van der Waals surface area contributed by atoms with Crippen LogP contribution in [0, 0.1) is 12.7 Å². The maximum absolute atomic E-state index is 13.3. The molecule has 0 bridgehead atoms. The number of rotatable bonds is 5. The number of carbonyl (C=O) groups is 1. The number of aliphatic hydroxyl groups excluding tert-OH is 1. The van der Waals surface area contributed by atoms with Crippen molar-refractivity contribution in [1.29, 1.82) is 0 Å². The van der Waals surface area contributed by atoms with Gasteiger partial charge in [-0.3, -0.25) is 4.98 Å². The van der Waals surface area contributed by atoms with E-state index in [4.69, 9.17) is 9.47 Å². The predicted octanol–water partition coefficient (Wildman–Crippen LogP) is 4.35. The van der Waals surface area contributed by atoms with E-state index in [9.17, 15) is 14.3 Å². The average molecular weight is 347 g/mol. The molecule has 0 spiro atoms. The SMILES string of the molecule is CCOC(=O)Oc1c(C(C)C)nc(C)c(CO)c1-c1ccc(F)cc1. The van der Waals surface area contributed by atoms with Crippen molar-refractivity contribution in [2.75, 3.05) is 6.61 Å². The van der Waals surface area contributed by atoms with E-state index in [2.05, 4.69) is 4.98 Å². The first kappa shape index (κ1) is 18.9. The van der Waals surface area contributed by atoms with Crippen LogP contribution in [0.1, 0.15) is 43.6 Å². The van der Waals surface area contributed by atoms with Gasteiger partial charge in [-0.1, -0.05) is 26.0 Å². The Morgan fingerprint density at radius 1 is 1.28 bits per heavy atom. The van der Waals surface area contributed by atoms with Gasteiger partial charge in [0.05, 0.1) is 18.9 Å². The van der Waals surface area contributed by atoms with Crippen molar-refractivity contribution >= 4 is 6.16 Å². The molecule has 0 radical (unpaired) electrons. The first-order valence-electron chi connectivity index (χ1n) is 8.13. The molecule has 0 unspecified atom stereocenters. The van der Waals surface area contributed by atoms with Gasteiger partial charge in [-0.25, -0.2) is 9.18 Å². The van der Waals surface area contributed by atoms with E-state index < -0.39 is 6.16 Å². The van der Waals surface area contributed by atoms with Crippen molar-refractivity contribution in [3.05, 3.63) is 47.0 Å². The summed E-state index contributed by atoms with van der Waals surface area (Å²) >= 11 is 0. The highest BCUT2D eigenvalue weighted by atomic mass is 19.1. The Balaban J connectivity index is 2.74. The van der Waals surface area contributed by atoms with Gasteiger partial charge in [0.15, 0.2) is 5.75 Å². The van der Waals surface area contributed by atoms with Crippen LogP contribution in [0.3, 0.4) is 0 Å². The van der Waals surface area contributed by atoms with Gasteiger partial charge in [0.25, 0.3) is 0 Å². The monoisotopic (exact) mass is 347 g/mol. The molecule has 5 nitrogen and oxygen atoms in total. The number of aryl methyl sites for hydroxylation is 1. The third kappa shape index (κ3) is 4.14. The molecule has 0 aliphatic rings. The molecule has 0 amide bonds. The minimum atomic E-state index is -0.845. The number of aromatic nitrogens is 1. The normalized spacial score (nSPS) is 10.8. The smallest absolute Gasteiger partial charge is 0.434 e. The highest BCUT2D eigenvalue weighted by molar-refractivity contribution is 5.79. The molecule has 134 valence electrons. The summed E-state index contributed by atoms with van der Waals surface area (Å²) in [6, 6.07) is 5.78. The first-order chi connectivity index (χ1) is 11.9. The summed E-state index contributed by atoms with van der Waals surface area (Å²) in [6.07, 6.45) is -0.845. The van der Waals surface area contributed by atoms with Crippen molar-refractivity contribution in [2.45, 2.75) is 40.2 Å². The Labute approximate surface area is 146 Å². The van der Waals surface area contributed by atoms with E-state index in [0.717, 1.165) is 0 Å². The summed E-state index contributed by atoms with van der Waals surface area (Å²) in [5.41, 5.74) is 2.86. The molecular formula is C19H22FNO4. The second-order valence-corrected chi connectivity index (χ2v) is 5.87. The van der Waals surface area contributed by atoms with Gasteiger partial charge in [-0.15, -0.1) is 0 Å². The second-order valence-electron chi connectivity index (χ2n) is 5.87. The number of ether oxygens (including phenoxy) is 2. The Morgan fingerprint density at radius 3 is 2.44 bits per heavy atom. The van der Waals surface area contributed by atoms with Crippen molar-refractivity contribution in [2.24, 2.45) is 0 Å².